The van der Waals surface area contributed by atoms with Crippen molar-refractivity contribution in [2.75, 3.05) is 24.7 Å². The minimum Gasteiger partial charge on any atom is -0.462 e. The molecule has 0 fully saturated rings. The number of esters is 1. The lowest BCUT2D eigenvalue weighted by molar-refractivity contribution is 0.0527. The molecule has 0 saturated carbocycles. The summed E-state index contributed by atoms with van der Waals surface area (Å²) in [4.78, 5) is 31.4. The molecule has 8 nitrogen and oxygen atoms in total. The molecule has 1 aromatic heterocycles. The second-order valence-electron chi connectivity index (χ2n) is 10.1. The molecule has 0 saturated heterocycles. The van der Waals surface area contributed by atoms with Crippen molar-refractivity contribution in [3.63, 3.8) is 0 Å². The molecule has 4 rings (SSSR count). The van der Waals surface area contributed by atoms with E-state index in [0.29, 0.717) is 31.7 Å². The first kappa shape index (κ1) is 29.8. The normalized spacial score (nSPS) is 11.1. The molecule has 3 aromatic carbocycles. The number of urea groups is 1. The van der Waals surface area contributed by atoms with Crippen molar-refractivity contribution in [3.8, 4) is 11.1 Å². The molecule has 1 heterocycles. The number of nitrogens with two attached hydrogens (primary N) is 1. The zero-order valence-electron chi connectivity index (χ0n) is 24.0. The van der Waals surface area contributed by atoms with Crippen molar-refractivity contribution >= 4 is 28.7 Å². The van der Waals surface area contributed by atoms with E-state index >= 15 is 0 Å². The van der Waals surface area contributed by atoms with E-state index in [1.807, 2.05) is 48.5 Å². The van der Waals surface area contributed by atoms with Gasteiger partial charge in [-0.2, -0.15) is 0 Å². The highest BCUT2D eigenvalue weighted by Gasteiger charge is 2.17. The lowest BCUT2D eigenvalue weighted by Crippen LogP contribution is -2.36. The number of fused-ring (bicyclic) bond motifs is 1. The van der Waals surface area contributed by atoms with Gasteiger partial charge in [0.1, 0.15) is 5.82 Å². The fourth-order valence-corrected chi connectivity index (χ4v) is 5.05. The molecule has 0 aliphatic heterocycles. The van der Waals surface area contributed by atoms with E-state index in [9.17, 15) is 9.59 Å². The standard InChI is InChI=1S/C33H40N4O4/c1-3-5-13-31-35-29-19-18-26(36(33(34)40)20-9-6-10-21-38)22-30(29)37(31)23-24-14-16-25(17-15-24)27-11-7-8-12-28(27)32(39)41-4-2/h7-8,11-12,14-19,22,38H,3-6,9-10,13,20-21,23H2,1-2H3,(H2,34,40). The van der Waals surface area contributed by atoms with Gasteiger partial charge in [-0.15, -0.1) is 0 Å². The van der Waals surface area contributed by atoms with Crippen LogP contribution in [0.4, 0.5) is 10.5 Å². The highest BCUT2D eigenvalue weighted by molar-refractivity contribution is 5.97. The van der Waals surface area contributed by atoms with Crippen molar-refractivity contribution in [1.82, 2.24) is 9.55 Å². The van der Waals surface area contributed by atoms with Gasteiger partial charge < -0.3 is 20.1 Å². The van der Waals surface area contributed by atoms with Gasteiger partial charge in [0, 0.05) is 31.8 Å². The zero-order chi connectivity index (χ0) is 29.2. The van der Waals surface area contributed by atoms with Crippen LogP contribution in [0.15, 0.2) is 66.7 Å². The van der Waals surface area contributed by atoms with Crippen LogP contribution in [0.25, 0.3) is 22.2 Å². The second-order valence-corrected chi connectivity index (χ2v) is 10.1. The van der Waals surface area contributed by atoms with E-state index in [4.69, 9.17) is 20.6 Å². The third-order valence-corrected chi connectivity index (χ3v) is 7.21. The van der Waals surface area contributed by atoms with E-state index < -0.39 is 6.03 Å². The lowest BCUT2D eigenvalue weighted by atomic mass is 9.98. The Hall–Kier alpha value is -4.17. The highest BCUT2D eigenvalue weighted by Crippen LogP contribution is 2.28. The Morgan fingerprint density at radius 1 is 0.976 bits per heavy atom. The van der Waals surface area contributed by atoms with E-state index in [0.717, 1.165) is 71.3 Å². The van der Waals surface area contributed by atoms with Crippen LogP contribution in [-0.2, 0) is 17.7 Å². The number of hydrogen-bond donors (Lipinski definition) is 2. The van der Waals surface area contributed by atoms with Crippen molar-refractivity contribution in [1.29, 1.82) is 0 Å². The monoisotopic (exact) mass is 556 g/mol. The van der Waals surface area contributed by atoms with Crippen LogP contribution in [-0.4, -0.2) is 46.4 Å². The summed E-state index contributed by atoms with van der Waals surface area (Å²) in [5.41, 5.74) is 11.8. The number of aliphatic hydroxyl groups excluding tert-OH is 1. The van der Waals surface area contributed by atoms with Crippen LogP contribution in [0.2, 0.25) is 0 Å². The molecule has 2 amide bonds. The Labute approximate surface area is 241 Å². The molecule has 0 spiro atoms. The molecule has 41 heavy (non-hydrogen) atoms. The van der Waals surface area contributed by atoms with Gasteiger partial charge >= 0.3 is 12.0 Å². The van der Waals surface area contributed by atoms with Crippen LogP contribution < -0.4 is 10.6 Å². The van der Waals surface area contributed by atoms with Gasteiger partial charge in [-0.05, 0) is 73.6 Å². The summed E-state index contributed by atoms with van der Waals surface area (Å²) in [6.07, 6.45) is 5.22. The quantitative estimate of drug-likeness (QED) is 0.140. The largest absolute Gasteiger partial charge is 0.462 e. The average molecular weight is 557 g/mol. The number of unbranched alkanes of at least 4 members (excludes halogenated alkanes) is 3. The van der Waals surface area contributed by atoms with Crippen LogP contribution in [0.5, 0.6) is 0 Å². The summed E-state index contributed by atoms with van der Waals surface area (Å²) >= 11 is 0. The Bertz CT molecular complexity index is 1460. The predicted octanol–water partition coefficient (Wildman–Crippen LogP) is 6.32. The summed E-state index contributed by atoms with van der Waals surface area (Å²) in [6, 6.07) is 21.1. The number of imidazole rings is 1. The number of rotatable bonds is 14. The molecular formula is C33H40N4O4. The SMILES string of the molecule is CCCCc1nc2ccc(N(CCCCCO)C(N)=O)cc2n1Cc1ccc(-c2ccccc2C(=O)OCC)cc1. The highest BCUT2D eigenvalue weighted by atomic mass is 16.5. The van der Waals surface area contributed by atoms with E-state index in [1.165, 1.54) is 0 Å². The maximum atomic E-state index is 12.5. The van der Waals surface area contributed by atoms with Crippen LogP contribution >= 0.6 is 0 Å². The number of amides is 2. The fourth-order valence-electron chi connectivity index (χ4n) is 5.05. The number of benzene rings is 3. The van der Waals surface area contributed by atoms with E-state index in [-0.39, 0.29) is 12.6 Å². The van der Waals surface area contributed by atoms with Crippen molar-refractivity contribution < 1.29 is 19.4 Å². The van der Waals surface area contributed by atoms with Crippen LogP contribution in [0.3, 0.4) is 0 Å². The number of aliphatic hydroxyl groups is 1. The van der Waals surface area contributed by atoms with Crippen LogP contribution in [0, 0.1) is 0 Å². The topological polar surface area (TPSA) is 111 Å². The third-order valence-electron chi connectivity index (χ3n) is 7.21. The molecule has 0 bridgehead atoms. The first-order chi connectivity index (χ1) is 20.0. The van der Waals surface area contributed by atoms with Crippen molar-refractivity contribution in [2.45, 2.75) is 58.9 Å². The second kappa shape index (κ2) is 14.5. The summed E-state index contributed by atoms with van der Waals surface area (Å²) in [5, 5.41) is 9.09. The Morgan fingerprint density at radius 2 is 1.76 bits per heavy atom. The average Bonchev–Trinajstić information content (AvgIpc) is 3.32. The molecule has 8 heteroatoms. The smallest absolute Gasteiger partial charge is 0.338 e. The first-order valence-electron chi connectivity index (χ1n) is 14.5. The molecule has 216 valence electrons. The number of aryl methyl sites for hydroxylation is 1. The van der Waals surface area contributed by atoms with E-state index in [2.05, 4.69) is 23.6 Å². The number of ether oxygens (including phenoxy) is 1. The number of hydrogen-bond acceptors (Lipinski definition) is 5. The molecule has 3 N–H and O–H groups in total. The maximum Gasteiger partial charge on any atom is 0.338 e. The molecule has 0 atom stereocenters. The molecule has 0 aliphatic carbocycles. The molecule has 0 aliphatic rings. The number of carbonyl (C=O) groups is 2. The first-order valence-corrected chi connectivity index (χ1v) is 14.5. The van der Waals surface area contributed by atoms with Gasteiger partial charge in [-0.1, -0.05) is 55.8 Å². The van der Waals surface area contributed by atoms with Gasteiger partial charge in [0.2, 0.25) is 0 Å². The Morgan fingerprint density at radius 3 is 2.46 bits per heavy atom. The van der Waals surface area contributed by atoms with Gasteiger partial charge in [0.25, 0.3) is 0 Å². The number of nitrogens with zero attached hydrogens (tertiary/aromatic N) is 3. The van der Waals surface area contributed by atoms with Gasteiger partial charge in [0.15, 0.2) is 0 Å². The third kappa shape index (κ3) is 7.32. The molecule has 0 unspecified atom stereocenters. The molecular weight excluding hydrogens is 516 g/mol. The number of aromatic nitrogens is 2. The van der Waals surface area contributed by atoms with Crippen LogP contribution in [0.1, 0.15) is 67.7 Å². The maximum absolute atomic E-state index is 12.5. The van der Waals surface area contributed by atoms with Gasteiger partial charge in [0.05, 0.1) is 23.2 Å². The minimum atomic E-state index is -0.496. The van der Waals surface area contributed by atoms with E-state index in [1.54, 1.807) is 17.9 Å². The summed E-state index contributed by atoms with van der Waals surface area (Å²) in [6.45, 7) is 5.55. The Balaban J connectivity index is 1.65. The molecule has 4 aromatic rings. The molecule has 0 radical (unpaired) electrons. The van der Waals surface area contributed by atoms with Gasteiger partial charge in [-0.25, -0.2) is 14.6 Å². The number of primary amides is 1. The summed E-state index contributed by atoms with van der Waals surface area (Å²) in [5.74, 6) is 0.677. The number of carbonyl (C=O) groups excluding carboxylic acids is 2. The van der Waals surface area contributed by atoms with Crippen molar-refractivity contribution in [2.24, 2.45) is 5.73 Å². The lowest BCUT2D eigenvalue weighted by Gasteiger charge is -2.21. The predicted molar refractivity (Wildman–Crippen MR) is 163 cm³/mol. The zero-order valence-corrected chi connectivity index (χ0v) is 24.0. The van der Waals surface area contributed by atoms with Gasteiger partial charge in [-0.3, -0.25) is 4.90 Å². The summed E-state index contributed by atoms with van der Waals surface area (Å²) < 4.78 is 7.48. The Kier molecular flexibility index (Phi) is 10.5. The summed E-state index contributed by atoms with van der Waals surface area (Å²) in [7, 11) is 0. The minimum absolute atomic E-state index is 0.140. The fraction of sp³-hybridized carbons (Fsp3) is 0.364. The van der Waals surface area contributed by atoms with Crippen molar-refractivity contribution in [3.05, 3.63) is 83.7 Å². The number of anilines is 1.